The van der Waals surface area contributed by atoms with Gasteiger partial charge < -0.3 is 9.64 Å². The summed E-state index contributed by atoms with van der Waals surface area (Å²) in [5.41, 5.74) is 0.584. The van der Waals surface area contributed by atoms with Crippen molar-refractivity contribution in [3.8, 4) is 0 Å². The molecule has 0 aromatic heterocycles. The molecule has 3 unspecified atom stereocenters. The second-order valence-electron chi connectivity index (χ2n) is 7.45. The Morgan fingerprint density at radius 3 is 2.54 bits per heavy atom. The molecular weight excluding hydrogens is 371 g/mol. The molecule has 6 heteroatoms. The lowest BCUT2D eigenvalue weighted by Gasteiger charge is -2.39. The maximum absolute atomic E-state index is 13.1. The molecule has 1 aromatic rings. The van der Waals surface area contributed by atoms with Crippen LogP contribution in [0.2, 0.25) is 10.0 Å². The Bertz CT molecular complexity index is 634. The second kappa shape index (κ2) is 8.92. The molecule has 1 aliphatic carbocycles. The highest BCUT2D eigenvalue weighted by molar-refractivity contribution is 6.42. The maximum Gasteiger partial charge on any atom is 0.253 e. The summed E-state index contributed by atoms with van der Waals surface area (Å²) in [6, 6.07) is 5.64. The summed E-state index contributed by atoms with van der Waals surface area (Å²) >= 11 is 12.1. The van der Waals surface area contributed by atoms with E-state index in [0.717, 1.165) is 38.8 Å². The molecule has 26 heavy (non-hydrogen) atoms. The topological polar surface area (TPSA) is 32.8 Å². The normalized spacial score (nSPS) is 27.3. The van der Waals surface area contributed by atoms with E-state index >= 15 is 0 Å². The van der Waals surface area contributed by atoms with E-state index in [2.05, 4.69) is 4.90 Å². The van der Waals surface area contributed by atoms with Crippen molar-refractivity contribution in [2.45, 2.75) is 56.7 Å². The summed E-state index contributed by atoms with van der Waals surface area (Å²) in [6.45, 7) is 2.27. The Morgan fingerprint density at radius 1 is 1.15 bits per heavy atom. The van der Waals surface area contributed by atoms with Gasteiger partial charge in [-0.15, -0.1) is 0 Å². The summed E-state index contributed by atoms with van der Waals surface area (Å²) in [5.74, 6) is -0.00508. The number of hydrogen-bond donors (Lipinski definition) is 0. The molecule has 1 heterocycles. The quantitative estimate of drug-likeness (QED) is 0.700. The largest absolute Gasteiger partial charge is 0.381 e. The number of likely N-dealkylation sites (tertiary alicyclic amines) is 1. The predicted octanol–water partition coefficient (Wildman–Crippen LogP) is 4.49. The third-order valence-electron chi connectivity index (χ3n) is 5.90. The molecule has 0 N–H and O–H groups in total. The molecule has 4 nitrogen and oxygen atoms in total. The van der Waals surface area contributed by atoms with E-state index in [4.69, 9.17) is 27.9 Å². The van der Waals surface area contributed by atoms with E-state index in [9.17, 15) is 4.79 Å². The van der Waals surface area contributed by atoms with Crippen molar-refractivity contribution in [3.63, 3.8) is 0 Å². The van der Waals surface area contributed by atoms with Crippen molar-refractivity contribution in [2.24, 2.45) is 0 Å². The molecule has 0 radical (unpaired) electrons. The van der Waals surface area contributed by atoms with Crippen molar-refractivity contribution in [1.29, 1.82) is 0 Å². The van der Waals surface area contributed by atoms with Crippen LogP contribution in [0.25, 0.3) is 0 Å². The first-order valence-electron chi connectivity index (χ1n) is 9.50. The van der Waals surface area contributed by atoms with E-state index in [-0.39, 0.29) is 18.1 Å². The Kier molecular flexibility index (Phi) is 6.84. The van der Waals surface area contributed by atoms with Gasteiger partial charge in [-0.05, 0) is 69.8 Å². The molecule has 1 amide bonds. The van der Waals surface area contributed by atoms with Gasteiger partial charge in [0, 0.05) is 31.8 Å². The summed E-state index contributed by atoms with van der Waals surface area (Å²) in [6.07, 6.45) is 6.90. The van der Waals surface area contributed by atoms with Gasteiger partial charge >= 0.3 is 0 Å². The number of nitrogens with zero attached hydrogens (tertiary/aromatic N) is 2. The number of rotatable bonds is 4. The molecule has 144 valence electrons. The van der Waals surface area contributed by atoms with E-state index in [1.165, 1.54) is 12.8 Å². The summed E-state index contributed by atoms with van der Waals surface area (Å²) in [7, 11) is 3.69. The first-order valence-corrected chi connectivity index (χ1v) is 10.3. The van der Waals surface area contributed by atoms with Crippen LogP contribution in [0.5, 0.6) is 0 Å². The first kappa shape index (κ1) is 19.9. The highest BCUT2D eigenvalue weighted by Gasteiger charge is 2.37. The van der Waals surface area contributed by atoms with E-state index in [1.54, 1.807) is 25.3 Å². The third kappa shape index (κ3) is 4.36. The molecule has 2 aliphatic rings. The van der Waals surface area contributed by atoms with Crippen LogP contribution in [0, 0.1) is 0 Å². The average molecular weight is 399 g/mol. The summed E-state index contributed by atoms with van der Waals surface area (Å²) < 4.78 is 5.69. The summed E-state index contributed by atoms with van der Waals surface area (Å²) in [5, 5.41) is 0.882. The van der Waals surface area contributed by atoms with Gasteiger partial charge in [0.15, 0.2) is 0 Å². The fourth-order valence-electron chi connectivity index (χ4n) is 4.40. The molecule has 3 rings (SSSR count). The van der Waals surface area contributed by atoms with Crippen molar-refractivity contribution in [1.82, 2.24) is 9.80 Å². The van der Waals surface area contributed by atoms with Gasteiger partial charge in [0.2, 0.25) is 0 Å². The molecule has 0 spiro atoms. The number of amides is 1. The molecular formula is C20H28Cl2N2O2. The number of ether oxygens (including phenoxy) is 1. The van der Waals surface area contributed by atoms with E-state index in [0.29, 0.717) is 21.7 Å². The van der Waals surface area contributed by atoms with Crippen LogP contribution in [0.4, 0.5) is 0 Å². The van der Waals surface area contributed by atoms with Crippen molar-refractivity contribution >= 4 is 29.1 Å². The SMILES string of the molecule is COC1CCCC(N2CCCC2)C(N(C)C(=O)c2ccc(Cl)c(Cl)c2)C1. The molecule has 2 fully saturated rings. The highest BCUT2D eigenvalue weighted by Crippen LogP contribution is 2.31. The van der Waals surface area contributed by atoms with Gasteiger partial charge in [0.25, 0.3) is 5.91 Å². The molecule has 1 aliphatic heterocycles. The standard InChI is InChI=1S/C20H28Cl2N2O2/c1-23(20(25)14-8-9-16(21)17(22)12-14)19-13-15(26-2)6-5-7-18(19)24-10-3-4-11-24/h8-9,12,15,18-19H,3-7,10-11,13H2,1-2H3. The van der Waals surface area contributed by atoms with Gasteiger partial charge in [-0.2, -0.15) is 0 Å². The minimum Gasteiger partial charge on any atom is -0.381 e. The van der Waals surface area contributed by atoms with Gasteiger partial charge in [-0.1, -0.05) is 23.2 Å². The van der Waals surface area contributed by atoms with E-state index < -0.39 is 0 Å². The monoisotopic (exact) mass is 398 g/mol. The number of carbonyl (C=O) groups is 1. The molecule has 1 saturated carbocycles. The zero-order valence-electron chi connectivity index (χ0n) is 15.6. The van der Waals surface area contributed by atoms with Crippen LogP contribution in [-0.2, 0) is 4.74 Å². The Hall–Kier alpha value is -0.810. The van der Waals surface area contributed by atoms with Crippen LogP contribution in [-0.4, -0.2) is 61.1 Å². The Balaban J connectivity index is 1.84. The number of halogens is 2. The maximum atomic E-state index is 13.1. The van der Waals surface area contributed by atoms with Gasteiger partial charge in [-0.25, -0.2) is 0 Å². The molecule has 0 bridgehead atoms. The zero-order valence-corrected chi connectivity index (χ0v) is 17.1. The molecule has 1 saturated heterocycles. The van der Waals surface area contributed by atoms with Crippen molar-refractivity contribution < 1.29 is 9.53 Å². The number of methoxy groups -OCH3 is 1. The van der Waals surface area contributed by atoms with Crippen LogP contribution < -0.4 is 0 Å². The predicted molar refractivity (Wildman–Crippen MR) is 106 cm³/mol. The van der Waals surface area contributed by atoms with Gasteiger partial charge in [-0.3, -0.25) is 9.69 Å². The van der Waals surface area contributed by atoms with E-state index in [1.807, 2.05) is 11.9 Å². The summed E-state index contributed by atoms with van der Waals surface area (Å²) in [4.78, 5) is 17.6. The number of benzene rings is 1. The minimum absolute atomic E-state index is 0.00508. The number of carbonyl (C=O) groups excluding carboxylic acids is 1. The van der Waals surface area contributed by atoms with Gasteiger partial charge in [0.05, 0.1) is 16.1 Å². The number of hydrogen-bond acceptors (Lipinski definition) is 3. The Labute approximate surface area is 166 Å². The second-order valence-corrected chi connectivity index (χ2v) is 8.26. The lowest BCUT2D eigenvalue weighted by molar-refractivity contribution is 0.0382. The first-order chi connectivity index (χ1) is 12.5. The Morgan fingerprint density at radius 2 is 1.88 bits per heavy atom. The van der Waals surface area contributed by atoms with Crippen molar-refractivity contribution in [3.05, 3.63) is 33.8 Å². The smallest absolute Gasteiger partial charge is 0.253 e. The van der Waals surface area contributed by atoms with Crippen LogP contribution >= 0.6 is 23.2 Å². The van der Waals surface area contributed by atoms with Crippen LogP contribution in [0.1, 0.15) is 48.9 Å². The fourth-order valence-corrected chi connectivity index (χ4v) is 4.70. The van der Waals surface area contributed by atoms with Crippen LogP contribution in [0.3, 0.4) is 0 Å². The third-order valence-corrected chi connectivity index (χ3v) is 6.64. The molecule has 3 atom stereocenters. The highest BCUT2D eigenvalue weighted by atomic mass is 35.5. The number of likely N-dealkylation sites (N-methyl/N-ethyl adjacent to an activating group) is 1. The fraction of sp³-hybridized carbons (Fsp3) is 0.650. The molecule has 1 aromatic carbocycles. The van der Waals surface area contributed by atoms with Gasteiger partial charge in [0.1, 0.15) is 0 Å². The lowest BCUT2D eigenvalue weighted by atomic mass is 9.98. The average Bonchev–Trinajstić information content (AvgIpc) is 3.09. The zero-order chi connectivity index (χ0) is 18.7. The van der Waals surface area contributed by atoms with Crippen LogP contribution in [0.15, 0.2) is 18.2 Å². The lowest BCUT2D eigenvalue weighted by Crippen LogP contribution is -2.52. The van der Waals surface area contributed by atoms with Crippen molar-refractivity contribution in [2.75, 3.05) is 27.2 Å². The minimum atomic E-state index is -0.00508.